The van der Waals surface area contributed by atoms with Crippen molar-refractivity contribution in [2.24, 2.45) is 5.73 Å². The van der Waals surface area contributed by atoms with Gasteiger partial charge in [0.05, 0.1) is 17.4 Å². The first kappa shape index (κ1) is 19.2. The number of halogens is 3. The first-order valence-electron chi connectivity index (χ1n) is 7.03. The summed E-state index contributed by atoms with van der Waals surface area (Å²) in [4.78, 5) is 11.8. The predicted molar refractivity (Wildman–Crippen MR) is 79.9 cm³/mol. The van der Waals surface area contributed by atoms with Gasteiger partial charge in [0.1, 0.15) is 5.60 Å². The van der Waals surface area contributed by atoms with Crippen LogP contribution in [0.3, 0.4) is 0 Å². The average Bonchev–Trinajstić information content (AvgIpc) is 2.35. The molecule has 4 N–H and O–H groups in total. The van der Waals surface area contributed by atoms with E-state index in [0.717, 1.165) is 18.2 Å². The summed E-state index contributed by atoms with van der Waals surface area (Å²) in [5, 5.41) is 12.2. The Labute approximate surface area is 132 Å². The molecular formula is C15H21F3N2O3. The van der Waals surface area contributed by atoms with Crippen molar-refractivity contribution in [2.75, 3.05) is 11.9 Å². The lowest BCUT2D eigenvalue weighted by Crippen LogP contribution is -2.28. The largest absolute Gasteiger partial charge is 0.444 e. The molecule has 0 saturated heterocycles. The van der Waals surface area contributed by atoms with Gasteiger partial charge in [0, 0.05) is 5.56 Å². The number of anilines is 1. The van der Waals surface area contributed by atoms with E-state index in [9.17, 15) is 23.1 Å². The first-order chi connectivity index (χ1) is 10.4. The monoisotopic (exact) mass is 334 g/mol. The molecule has 0 fully saturated rings. The Kier molecular flexibility index (Phi) is 6.01. The van der Waals surface area contributed by atoms with Crippen LogP contribution in [-0.4, -0.2) is 23.3 Å². The zero-order valence-electron chi connectivity index (χ0n) is 13.2. The lowest BCUT2D eigenvalue weighted by atomic mass is 10.0. The highest BCUT2D eigenvalue weighted by Crippen LogP contribution is 2.34. The van der Waals surface area contributed by atoms with Gasteiger partial charge in [-0.3, -0.25) is 5.32 Å². The minimum absolute atomic E-state index is 0.147. The second kappa shape index (κ2) is 7.18. The minimum atomic E-state index is -4.57. The van der Waals surface area contributed by atoms with Gasteiger partial charge in [-0.15, -0.1) is 0 Å². The number of nitrogens with one attached hydrogen (secondary N) is 1. The van der Waals surface area contributed by atoms with Crippen LogP contribution in [0.25, 0.3) is 0 Å². The Balaban J connectivity index is 3.15. The van der Waals surface area contributed by atoms with Crippen LogP contribution in [0.4, 0.5) is 23.7 Å². The SMILES string of the molecule is CC(C)(C)OC(=O)Nc1cc(C(F)(F)F)ccc1[C@H](O)CCN. The molecule has 0 aromatic heterocycles. The van der Waals surface area contributed by atoms with Crippen LogP contribution in [0.1, 0.15) is 44.4 Å². The highest BCUT2D eigenvalue weighted by molar-refractivity contribution is 5.86. The fraction of sp³-hybridized carbons (Fsp3) is 0.533. The predicted octanol–water partition coefficient (Wildman–Crippen LogP) is 3.43. The zero-order valence-corrected chi connectivity index (χ0v) is 13.2. The lowest BCUT2D eigenvalue weighted by Gasteiger charge is -2.22. The molecule has 1 aromatic rings. The van der Waals surface area contributed by atoms with E-state index in [1.807, 2.05) is 0 Å². The second-order valence-electron chi connectivity index (χ2n) is 6.02. The third-order valence-electron chi connectivity index (χ3n) is 2.82. The number of rotatable bonds is 4. The normalized spacial score (nSPS) is 13.6. The Hall–Kier alpha value is -1.80. The Morgan fingerprint density at radius 1 is 1.35 bits per heavy atom. The number of carbonyl (C=O) groups excluding carboxylic acids is 1. The van der Waals surface area contributed by atoms with Gasteiger partial charge < -0.3 is 15.6 Å². The molecule has 23 heavy (non-hydrogen) atoms. The van der Waals surface area contributed by atoms with E-state index in [-0.39, 0.29) is 24.2 Å². The van der Waals surface area contributed by atoms with Gasteiger partial charge in [0.25, 0.3) is 0 Å². The fourth-order valence-electron chi connectivity index (χ4n) is 1.86. The van der Waals surface area contributed by atoms with Crippen molar-refractivity contribution in [1.29, 1.82) is 0 Å². The summed E-state index contributed by atoms with van der Waals surface area (Å²) >= 11 is 0. The molecule has 0 aliphatic rings. The molecule has 0 spiro atoms. The molecule has 0 bridgehead atoms. The van der Waals surface area contributed by atoms with E-state index < -0.39 is 29.5 Å². The van der Waals surface area contributed by atoms with Crippen LogP contribution in [0.15, 0.2) is 18.2 Å². The number of hydrogen-bond donors (Lipinski definition) is 3. The van der Waals surface area contributed by atoms with E-state index in [1.54, 1.807) is 20.8 Å². The summed E-state index contributed by atoms with van der Waals surface area (Å²) in [5.41, 5.74) is 3.60. The Morgan fingerprint density at radius 2 is 1.96 bits per heavy atom. The number of carbonyl (C=O) groups is 1. The maximum atomic E-state index is 12.8. The number of aliphatic hydroxyl groups is 1. The number of hydrogen-bond acceptors (Lipinski definition) is 4. The van der Waals surface area contributed by atoms with Crippen LogP contribution < -0.4 is 11.1 Å². The van der Waals surface area contributed by atoms with Gasteiger partial charge in [-0.25, -0.2) is 4.79 Å². The summed E-state index contributed by atoms with van der Waals surface area (Å²) < 4.78 is 43.5. The summed E-state index contributed by atoms with van der Waals surface area (Å²) in [6, 6.07) is 2.73. The van der Waals surface area contributed by atoms with Crippen LogP contribution in [0, 0.1) is 0 Å². The molecule has 0 radical (unpaired) electrons. The molecule has 1 aromatic carbocycles. The van der Waals surface area contributed by atoms with Crippen molar-refractivity contribution >= 4 is 11.8 Å². The summed E-state index contributed by atoms with van der Waals surface area (Å²) in [7, 11) is 0. The second-order valence-corrected chi connectivity index (χ2v) is 6.02. The lowest BCUT2D eigenvalue weighted by molar-refractivity contribution is -0.137. The number of alkyl halides is 3. The molecule has 0 heterocycles. The number of nitrogens with two attached hydrogens (primary N) is 1. The number of amides is 1. The minimum Gasteiger partial charge on any atom is -0.444 e. The molecule has 5 nitrogen and oxygen atoms in total. The van der Waals surface area contributed by atoms with Crippen molar-refractivity contribution < 1.29 is 27.8 Å². The third kappa shape index (κ3) is 6.07. The summed E-state index contributed by atoms with van der Waals surface area (Å²) in [5.74, 6) is 0. The Bertz CT molecular complexity index is 554. The number of aliphatic hydroxyl groups excluding tert-OH is 1. The standard InChI is InChI=1S/C15H21F3N2O3/c1-14(2,3)23-13(22)20-11-8-9(15(16,17)18)4-5-10(11)12(21)6-7-19/h4-5,8,12,21H,6-7,19H2,1-3H3,(H,20,22)/t12-/m1/s1. The maximum absolute atomic E-state index is 12.8. The fourth-order valence-corrected chi connectivity index (χ4v) is 1.86. The van der Waals surface area contributed by atoms with Crippen LogP contribution in [0.2, 0.25) is 0 Å². The van der Waals surface area contributed by atoms with E-state index in [1.165, 1.54) is 0 Å². The van der Waals surface area contributed by atoms with Crippen LogP contribution >= 0.6 is 0 Å². The van der Waals surface area contributed by atoms with Gasteiger partial charge in [-0.2, -0.15) is 13.2 Å². The molecule has 0 saturated carbocycles. The number of ether oxygens (including phenoxy) is 1. The van der Waals surface area contributed by atoms with Gasteiger partial charge >= 0.3 is 12.3 Å². The molecule has 1 atom stereocenters. The van der Waals surface area contributed by atoms with Crippen molar-refractivity contribution in [3.63, 3.8) is 0 Å². The van der Waals surface area contributed by atoms with E-state index in [2.05, 4.69) is 5.32 Å². The molecule has 0 unspecified atom stereocenters. The quantitative estimate of drug-likeness (QED) is 0.787. The third-order valence-corrected chi connectivity index (χ3v) is 2.82. The zero-order chi connectivity index (χ0) is 17.8. The number of benzene rings is 1. The van der Waals surface area contributed by atoms with Crippen LogP contribution in [0.5, 0.6) is 0 Å². The highest BCUT2D eigenvalue weighted by atomic mass is 19.4. The molecular weight excluding hydrogens is 313 g/mol. The molecule has 0 aliphatic heterocycles. The van der Waals surface area contributed by atoms with Gasteiger partial charge in [0.2, 0.25) is 0 Å². The smallest absolute Gasteiger partial charge is 0.416 e. The van der Waals surface area contributed by atoms with Crippen molar-refractivity contribution in [3.05, 3.63) is 29.3 Å². The van der Waals surface area contributed by atoms with Crippen molar-refractivity contribution in [1.82, 2.24) is 0 Å². The Morgan fingerprint density at radius 3 is 2.43 bits per heavy atom. The molecule has 0 aliphatic carbocycles. The molecule has 130 valence electrons. The van der Waals surface area contributed by atoms with E-state index in [4.69, 9.17) is 10.5 Å². The molecule has 8 heteroatoms. The molecule has 1 amide bonds. The van der Waals surface area contributed by atoms with Crippen LogP contribution in [-0.2, 0) is 10.9 Å². The van der Waals surface area contributed by atoms with Gasteiger partial charge in [-0.05, 0) is 45.9 Å². The average molecular weight is 334 g/mol. The topological polar surface area (TPSA) is 84.6 Å². The van der Waals surface area contributed by atoms with Crippen molar-refractivity contribution in [2.45, 2.75) is 45.1 Å². The van der Waals surface area contributed by atoms with E-state index in [0.29, 0.717) is 0 Å². The highest BCUT2D eigenvalue weighted by Gasteiger charge is 2.32. The first-order valence-corrected chi connectivity index (χ1v) is 7.03. The van der Waals surface area contributed by atoms with E-state index >= 15 is 0 Å². The summed E-state index contributed by atoms with van der Waals surface area (Å²) in [6.45, 7) is 5.03. The summed E-state index contributed by atoms with van der Waals surface area (Å²) in [6.07, 6.45) is -6.42. The van der Waals surface area contributed by atoms with Gasteiger partial charge in [-0.1, -0.05) is 6.07 Å². The van der Waals surface area contributed by atoms with Gasteiger partial charge in [0.15, 0.2) is 0 Å². The maximum Gasteiger partial charge on any atom is 0.416 e. The molecule has 1 rings (SSSR count). The van der Waals surface area contributed by atoms with Crippen molar-refractivity contribution in [3.8, 4) is 0 Å².